The fourth-order valence-corrected chi connectivity index (χ4v) is 4.63. The van der Waals surface area contributed by atoms with Gasteiger partial charge >= 0.3 is 0 Å². The third kappa shape index (κ3) is 3.62. The summed E-state index contributed by atoms with van der Waals surface area (Å²) in [5.74, 6) is 0.883. The average molecular weight is 328 g/mol. The molecule has 1 unspecified atom stereocenters. The van der Waals surface area contributed by atoms with Gasteiger partial charge in [-0.1, -0.05) is 6.07 Å². The Bertz CT molecular complexity index is 613. The highest BCUT2D eigenvalue weighted by atomic mass is 32.1. The van der Waals surface area contributed by atoms with Crippen LogP contribution in [0.1, 0.15) is 31.4 Å². The SMILES string of the molecule is c1ccc(-c2nc(CN3CCC(C4CCCN4)CC3)cs2)nc1. The minimum absolute atomic E-state index is 0.784. The molecule has 0 aliphatic carbocycles. The number of hydrogen-bond acceptors (Lipinski definition) is 5. The first-order valence-electron chi connectivity index (χ1n) is 8.70. The lowest BCUT2D eigenvalue weighted by Gasteiger charge is -2.34. The molecule has 2 aliphatic heterocycles. The Morgan fingerprint density at radius 3 is 2.87 bits per heavy atom. The van der Waals surface area contributed by atoms with Crippen molar-refractivity contribution in [1.82, 2.24) is 20.2 Å². The van der Waals surface area contributed by atoms with Crippen LogP contribution < -0.4 is 5.32 Å². The molecule has 4 nitrogen and oxygen atoms in total. The summed E-state index contributed by atoms with van der Waals surface area (Å²) in [5.41, 5.74) is 2.17. The molecule has 2 aromatic heterocycles. The number of likely N-dealkylation sites (tertiary alicyclic amines) is 1. The second kappa shape index (κ2) is 7.07. The van der Waals surface area contributed by atoms with E-state index >= 15 is 0 Å². The lowest BCUT2D eigenvalue weighted by Crippen LogP contribution is -2.40. The van der Waals surface area contributed by atoms with E-state index in [9.17, 15) is 0 Å². The van der Waals surface area contributed by atoms with Crippen molar-refractivity contribution in [3.63, 3.8) is 0 Å². The zero-order valence-corrected chi connectivity index (χ0v) is 14.3. The van der Waals surface area contributed by atoms with E-state index in [1.807, 2.05) is 24.4 Å². The molecule has 4 heterocycles. The summed E-state index contributed by atoms with van der Waals surface area (Å²) >= 11 is 1.70. The van der Waals surface area contributed by atoms with Crippen LogP contribution in [0, 0.1) is 5.92 Å². The van der Waals surface area contributed by atoms with E-state index in [0.29, 0.717) is 0 Å². The molecule has 0 spiro atoms. The van der Waals surface area contributed by atoms with Crippen molar-refractivity contribution >= 4 is 11.3 Å². The van der Waals surface area contributed by atoms with Gasteiger partial charge in [-0.3, -0.25) is 9.88 Å². The Morgan fingerprint density at radius 2 is 2.13 bits per heavy atom. The summed E-state index contributed by atoms with van der Waals surface area (Å²) < 4.78 is 0. The Hall–Kier alpha value is -1.30. The fourth-order valence-electron chi connectivity index (χ4n) is 3.84. The summed E-state index contributed by atoms with van der Waals surface area (Å²) in [6.45, 7) is 4.62. The molecule has 0 amide bonds. The summed E-state index contributed by atoms with van der Waals surface area (Å²) in [5, 5.41) is 6.90. The van der Waals surface area contributed by atoms with Crippen LogP contribution in [0.25, 0.3) is 10.7 Å². The van der Waals surface area contributed by atoms with E-state index in [1.54, 1.807) is 11.3 Å². The molecule has 0 aromatic carbocycles. The van der Waals surface area contributed by atoms with Crippen LogP contribution in [0.4, 0.5) is 0 Å². The lowest BCUT2D eigenvalue weighted by atomic mass is 9.88. The molecule has 2 fully saturated rings. The topological polar surface area (TPSA) is 41.1 Å². The van der Waals surface area contributed by atoms with Gasteiger partial charge in [0.2, 0.25) is 0 Å². The van der Waals surface area contributed by atoms with Crippen molar-refractivity contribution in [3.8, 4) is 10.7 Å². The van der Waals surface area contributed by atoms with Gasteiger partial charge in [0, 0.05) is 24.2 Å². The number of nitrogens with one attached hydrogen (secondary N) is 1. The number of pyridine rings is 1. The number of aromatic nitrogens is 2. The molecule has 0 radical (unpaired) electrons. The minimum atomic E-state index is 0.784. The summed E-state index contributed by atoms with van der Waals surface area (Å²) in [6.07, 6.45) is 7.23. The minimum Gasteiger partial charge on any atom is -0.314 e. The van der Waals surface area contributed by atoms with Crippen LogP contribution in [-0.2, 0) is 6.54 Å². The van der Waals surface area contributed by atoms with Crippen LogP contribution in [0.2, 0.25) is 0 Å². The molecule has 1 atom stereocenters. The van der Waals surface area contributed by atoms with E-state index in [2.05, 4.69) is 20.6 Å². The van der Waals surface area contributed by atoms with Gasteiger partial charge < -0.3 is 5.32 Å². The van der Waals surface area contributed by atoms with Crippen LogP contribution in [0.5, 0.6) is 0 Å². The average Bonchev–Trinajstić information content (AvgIpc) is 3.28. The van der Waals surface area contributed by atoms with Gasteiger partial charge in [0.25, 0.3) is 0 Å². The first kappa shape index (κ1) is 15.2. The van der Waals surface area contributed by atoms with Gasteiger partial charge in [0.1, 0.15) is 5.01 Å². The number of thiazole rings is 1. The quantitative estimate of drug-likeness (QED) is 0.936. The third-order valence-electron chi connectivity index (χ3n) is 5.12. The van der Waals surface area contributed by atoms with Crippen molar-refractivity contribution in [3.05, 3.63) is 35.5 Å². The van der Waals surface area contributed by atoms with Crippen molar-refractivity contribution in [2.45, 2.75) is 38.3 Å². The molecular weight excluding hydrogens is 304 g/mol. The zero-order valence-electron chi connectivity index (χ0n) is 13.4. The smallest absolute Gasteiger partial charge is 0.142 e. The maximum atomic E-state index is 4.77. The van der Waals surface area contributed by atoms with Gasteiger partial charge in [-0.2, -0.15) is 0 Å². The van der Waals surface area contributed by atoms with Crippen LogP contribution >= 0.6 is 11.3 Å². The van der Waals surface area contributed by atoms with E-state index in [1.165, 1.54) is 51.0 Å². The third-order valence-corrected chi connectivity index (χ3v) is 6.03. The highest BCUT2D eigenvalue weighted by molar-refractivity contribution is 7.13. The number of hydrogen-bond donors (Lipinski definition) is 1. The molecule has 1 N–H and O–H groups in total. The van der Waals surface area contributed by atoms with Crippen LogP contribution in [0.15, 0.2) is 29.8 Å². The molecule has 0 bridgehead atoms. The first-order valence-corrected chi connectivity index (χ1v) is 9.58. The number of piperidine rings is 1. The Kier molecular flexibility index (Phi) is 4.69. The Balaban J connectivity index is 1.32. The number of rotatable bonds is 4. The largest absolute Gasteiger partial charge is 0.314 e. The Morgan fingerprint density at radius 1 is 1.22 bits per heavy atom. The van der Waals surface area contributed by atoms with Crippen molar-refractivity contribution < 1.29 is 0 Å². The van der Waals surface area contributed by atoms with E-state index in [0.717, 1.165) is 29.2 Å². The van der Waals surface area contributed by atoms with Gasteiger partial charge in [-0.15, -0.1) is 11.3 Å². The van der Waals surface area contributed by atoms with Crippen molar-refractivity contribution in [2.75, 3.05) is 19.6 Å². The van der Waals surface area contributed by atoms with Gasteiger partial charge in [-0.25, -0.2) is 4.98 Å². The molecule has 2 aromatic rings. The van der Waals surface area contributed by atoms with Crippen molar-refractivity contribution in [2.24, 2.45) is 5.92 Å². The molecular formula is C18H24N4S. The van der Waals surface area contributed by atoms with Gasteiger partial charge in [-0.05, 0) is 63.4 Å². The molecule has 2 aliphatic rings. The second-order valence-corrected chi connectivity index (χ2v) is 7.53. The zero-order chi connectivity index (χ0) is 15.5. The van der Waals surface area contributed by atoms with Gasteiger partial charge in [0.05, 0.1) is 11.4 Å². The highest BCUT2D eigenvalue weighted by Crippen LogP contribution is 2.27. The maximum Gasteiger partial charge on any atom is 0.142 e. The summed E-state index contributed by atoms with van der Waals surface area (Å²) in [6, 6.07) is 6.78. The van der Waals surface area contributed by atoms with E-state index in [4.69, 9.17) is 4.98 Å². The monoisotopic (exact) mass is 328 g/mol. The second-order valence-electron chi connectivity index (χ2n) is 6.68. The fraction of sp³-hybridized carbons (Fsp3) is 0.556. The molecule has 5 heteroatoms. The standard InChI is InChI=1S/C18H24N4S/c1-2-8-20-17(4-1)18-21-15(13-23-18)12-22-10-6-14(7-11-22)16-5-3-9-19-16/h1-2,4,8,13-14,16,19H,3,5-7,9-12H2. The highest BCUT2D eigenvalue weighted by Gasteiger charge is 2.28. The van der Waals surface area contributed by atoms with E-state index in [-0.39, 0.29) is 0 Å². The van der Waals surface area contributed by atoms with Crippen LogP contribution in [-0.4, -0.2) is 40.5 Å². The predicted octanol–water partition coefficient (Wildman–Crippen LogP) is 3.17. The molecule has 4 rings (SSSR count). The first-order chi connectivity index (χ1) is 11.4. The predicted molar refractivity (Wildman–Crippen MR) is 94.4 cm³/mol. The number of nitrogens with zero attached hydrogens (tertiary/aromatic N) is 3. The van der Waals surface area contributed by atoms with Crippen LogP contribution in [0.3, 0.4) is 0 Å². The summed E-state index contributed by atoms with van der Waals surface area (Å²) in [4.78, 5) is 11.7. The Labute approximate surface area is 142 Å². The molecule has 23 heavy (non-hydrogen) atoms. The molecule has 0 saturated carbocycles. The van der Waals surface area contributed by atoms with Crippen molar-refractivity contribution in [1.29, 1.82) is 0 Å². The van der Waals surface area contributed by atoms with Gasteiger partial charge in [0.15, 0.2) is 0 Å². The molecule has 2 saturated heterocycles. The maximum absolute atomic E-state index is 4.77. The molecule has 122 valence electrons. The normalized spacial score (nSPS) is 23.4. The summed E-state index contributed by atoms with van der Waals surface area (Å²) in [7, 11) is 0. The lowest BCUT2D eigenvalue weighted by molar-refractivity contribution is 0.156. The van der Waals surface area contributed by atoms with E-state index < -0.39 is 0 Å².